The van der Waals surface area contributed by atoms with E-state index in [1.165, 1.54) is 38.4 Å². The van der Waals surface area contributed by atoms with Gasteiger partial charge < -0.3 is 4.57 Å². The van der Waals surface area contributed by atoms with Crippen molar-refractivity contribution in [3.8, 4) is 6.07 Å². The molecule has 0 amide bonds. The predicted octanol–water partition coefficient (Wildman–Crippen LogP) is 3.85. The van der Waals surface area contributed by atoms with Gasteiger partial charge in [-0.15, -0.1) is 0 Å². The molecule has 0 aromatic carbocycles. The molecule has 0 aliphatic carbocycles. The summed E-state index contributed by atoms with van der Waals surface area (Å²) in [5.74, 6) is -0.601. The van der Waals surface area contributed by atoms with Crippen LogP contribution in [0.4, 0.5) is 13.2 Å². The first-order chi connectivity index (χ1) is 11.2. The number of ketones is 1. The summed E-state index contributed by atoms with van der Waals surface area (Å²) < 4.78 is 39.0. The lowest BCUT2D eigenvalue weighted by Crippen LogP contribution is -2.19. The van der Waals surface area contributed by atoms with Crippen molar-refractivity contribution in [3.05, 3.63) is 58.7 Å². The first-order valence-corrected chi connectivity index (χ1v) is 7.03. The van der Waals surface area contributed by atoms with Crippen LogP contribution in [0.2, 0.25) is 0 Å². The van der Waals surface area contributed by atoms with Crippen molar-refractivity contribution >= 4 is 11.9 Å². The molecule has 2 aromatic rings. The Morgan fingerprint density at radius 1 is 1.33 bits per heavy atom. The molecule has 0 fully saturated rings. The second kappa shape index (κ2) is 6.71. The van der Waals surface area contributed by atoms with Crippen LogP contribution in [0.25, 0.3) is 6.08 Å². The lowest BCUT2D eigenvalue weighted by Gasteiger charge is -2.12. The number of nitriles is 1. The van der Waals surface area contributed by atoms with E-state index in [1.807, 2.05) is 6.07 Å². The molecule has 0 aliphatic heterocycles. The van der Waals surface area contributed by atoms with Crippen LogP contribution in [0.3, 0.4) is 0 Å². The predicted molar refractivity (Wildman–Crippen MR) is 82.1 cm³/mol. The van der Waals surface area contributed by atoms with Gasteiger partial charge in [0.2, 0.25) is 5.78 Å². The topological polar surface area (TPSA) is 58.7 Å². The van der Waals surface area contributed by atoms with Crippen molar-refractivity contribution in [2.45, 2.75) is 26.6 Å². The monoisotopic (exact) mass is 333 g/mol. The fourth-order valence-electron chi connectivity index (χ4n) is 2.37. The van der Waals surface area contributed by atoms with Crippen LogP contribution >= 0.6 is 0 Å². The Morgan fingerprint density at radius 2 is 1.96 bits per heavy atom. The van der Waals surface area contributed by atoms with E-state index in [1.54, 1.807) is 12.1 Å². The minimum Gasteiger partial charge on any atom is -0.339 e. The summed E-state index contributed by atoms with van der Waals surface area (Å²) in [5, 5.41) is 9.23. The third-order valence-electron chi connectivity index (χ3n) is 3.54. The number of rotatable bonds is 4. The summed E-state index contributed by atoms with van der Waals surface area (Å²) in [6, 6.07) is 6.43. The molecular formula is C17H14F3N3O. The third kappa shape index (κ3) is 3.90. The number of aromatic nitrogens is 2. The number of pyridine rings is 1. The maximum atomic E-state index is 12.6. The number of halogens is 3. The van der Waals surface area contributed by atoms with E-state index in [4.69, 9.17) is 0 Å². The van der Waals surface area contributed by atoms with E-state index >= 15 is 0 Å². The van der Waals surface area contributed by atoms with Crippen LogP contribution < -0.4 is 0 Å². The molecule has 124 valence electrons. The summed E-state index contributed by atoms with van der Waals surface area (Å²) in [4.78, 5) is 16.4. The molecule has 2 heterocycles. The van der Waals surface area contributed by atoms with Crippen molar-refractivity contribution in [3.63, 3.8) is 0 Å². The highest BCUT2D eigenvalue weighted by molar-refractivity contribution is 6.14. The normalized spacial score (nSPS) is 12.1. The molecule has 0 spiro atoms. The van der Waals surface area contributed by atoms with Crippen LogP contribution in [0.1, 0.15) is 27.3 Å². The minimum atomic E-state index is -4.39. The largest absolute Gasteiger partial charge is 0.406 e. The lowest BCUT2D eigenvalue weighted by molar-refractivity contribution is -0.141. The van der Waals surface area contributed by atoms with Gasteiger partial charge in [-0.3, -0.25) is 9.78 Å². The van der Waals surface area contributed by atoms with Crippen LogP contribution in [0.15, 0.2) is 36.2 Å². The first kappa shape index (κ1) is 17.5. The molecule has 0 radical (unpaired) electrons. The molecule has 0 saturated heterocycles. The lowest BCUT2D eigenvalue weighted by atomic mass is 10.0. The number of carbonyl (C=O) groups excluding carboxylic acids is 1. The van der Waals surface area contributed by atoms with Crippen LogP contribution in [-0.2, 0) is 6.54 Å². The molecule has 0 bridgehead atoms. The van der Waals surface area contributed by atoms with Gasteiger partial charge in [-0.05, 0) is 43.7 Å². The maximum absolute atomic E-state index is 12.6. The zero-order valence-electron chi connectivity index (χ0n) is 13.1. The van der Waals surface area contributed by atoms with E-state index in [2.05, 4.69) is 4.98 Å². The van der Waals surface area contributed by atoms with Gasteiger partial charge in [-0.1, -0.05) is 0 Å². The zero-order valence-corrected chi connectivity index (χ0v) is 13.1. The fraction of sp³-hybridized carbons (Fsp3) is 0.235. The average Bonchev–Trinajstić information content (AvgIpc) is 2.79. The van der Waals surface area contributed by atoms with Crippen LogP contribution in [0, 0.1) is 25.2 Å². The molecule has 2 aromatic heterocycles. The van der Waals surface area contributed by atoms with Gasteiger partial charge in [0.1, 0.15) is 18.2 Å². The molecule has 0 saturated carbocycles. The number of nitrogens with zero attached hydrogens (tertiary/aromatic N) is 3. The van der Waals surface area contributed by atoms with E-state index in [0.717, 1.165) is 4.57 Å². The maximum Gasteiger partial charge on any atom is 0.406 e. The molecule has 4 nitrogen and oxygen atoms in total. The number of hydrogen-bond acceptors (Lipinski definition) is 3. The van der Waals surface area contributed by atoms with Gasteiger partial charge in [0.05, 0.1) is 0 Å². The number of allylic oxidation sites excluding steroid dienone is 1. The number of Topliss-reactive ketones (excluding diaryl/α,β-unsaturated/α-hetero) is 1. The Hall–Kier alpha value is -2.88. The molecule has 24 heavy (non-hydrogen) atoms. The molecular weight excluding hydrogens is 319 g/mol. The summed E-state index contributed by atoms with van der Waals surface area (Å²) >= 11 is 0. The highest BCUT2D eigenvalue weighted by atomic mass is 19.4. The second-order valence-corrected chi connectivity index (χ2v) is 5.27. The minimum absolute atomic E-state index is 0.0959. The molecule has 0 atom stereocenters. The van der Waals surface area contributed by atoms with Crippen molar-refractivity contribution in [2.75, 3.05) is 0 Å². The van der Waals surface area contributed by atoms with Crippen molar-refractivity contribution < 1.29 is 18.0 Å². The standard InChI is InChI=1S/C17H14F3N3O/c1-11-7-15(12(2)23(11)10-17(18,19)20)16(24)14(9-21)8-13-3-5-22-6-4-13/h3-8H,10H2,1-2H3/b14-8+. The van der Waals surface area contributed by atoms with Crippen LogP contribution in [0.5, 0.6) is 0 Å². The Kier molecular flexibility index (Phi) is 4.88. The van der Waals surface area contributed by atoms with Crippen molar-refractivity contribution in [1.29, 1.82) is 5.26 Å². The number of aryl methyl sites for hydroxylation is 1. The second-order valence-electron chi connectivity index (χ2n) is 5.27. The molecule has 0 N–H and O–H groups in total. The van der Waals surface area contributed by atoms with Gasteiger partial charge in [0.15, 0.2) is 0 Å². The van der Waals surface area contributed by atoms with Crippen molar-refractivity contribution in [2.24, 2.45) is 0 Å². The van der Waals surface area contributed by atoms with Gasteiger partial charge >= 0.3 is 6.18 Å². The first-order valence-electron chi connectivity index (χ1n) is 7.03. The average molecular weight is 333 g/mol. The van der Waals surface area contributed by atoms with Gasteiger partial charge in [-0.25, -0.2) is 0 Å². The number of alkyl halides is 3. The van der Waals surface area contributed by atoms with Gasteiger partial charge in [-0.2, -0.15) is 18.4 Å². The smallest absolute Gasteiger partial charge is 0.339 e. The zero-order chi connectivity index (χ0) is 17.9. The van der Waals surface area contributed by atoms with Gasteiger partial charge in [0, 0.05) is 29.3 Å². The number of hydrogen-bond donors (Lipinski definition) is 0. The van der Waals surface area contributed by atoms with E-state index in [0.29, 0.717) is 11.3 Å². The van der Waals surface area contributed by atoms with E-state index < -0.39 is 18.5 Å². The molecule has 2 rings (SSSR count). The SMILES string of the molecule is Cc1cc(C(=O)/C(C#N)=C/c2ccncc2)c(C)n1CC(F)(F)F. The Labute approximate surface area is 136 Å². The Balaban J connectivity index is 2.41. The third-order valence-corrected chi connectivity index (χ3v) is 3.54. The molecule has 0 unspecified atom stereocenters. The fourth-order valence-corrected chi connectivity index (χ4v) is 2.37. The quantitative estimate of drug-likeness (QED) is 0.485. The number of carbonyl (C=O) groups is 1. The van der Waals surface area contributed by atoms with E-state index in [9.17, 15) is 23.2 Å². The van der Waals surface area contributed by atoms with Gasteiger partial charge in [0.25, 0.3) is 0 Å². The van der Waals surface area contributed by atoms with Crippen LogP contribution in [-0.4, -0.2) is 21.5 Å². The highest BCUT2D eigenvalue weighted by Gasteiger charge is 2.30. The van der Waals surface area contributed by atoms with Crippen molar-refractivity contribution in [1.82, 2.24) is 9.55 Å². The van der Waals surface area contributed by atoms with E-state index in [-0.39, 0.29) is 16.8 Å². The Morgan fingerprint density at radius 3 is 2.50 bits per heavy atom. The summed E-state index contributed by atoms with van der Waals surface area (Å²) in [7, 11) is 0. The summed E-state index contributed by atoms with van der Waals surface area (Å²) in [5.41, 5.74) is 1.06. The summed E-state index contributed by atoms with van der Waals surface area (Å²) in [6.45, 7) is 1.76. The summed E-state index contributed by atoms with van der Waals surface area (Å²) in [6.07, 6.45) is 0.0285. The molecule has 7 heteroatoms. The highest BCUT2D eigenvalue weighted by Crippen LogP contribution is 2.24. The Bertz CT molecular complexity index is 827. The molecule has 0 aliphatic rings.